The molecule has 0 saturated carbocycles. The third-order valence-corrected chi connectivity index (χ3v) is 3.84. The van der Waals surface area contributed by atoms with Crippen LogP contribution in [-0.4, -0.2) is 56.0 Å². The number of aliphatic hydroxyl groups excluding tert-OH is 1. The SMILES string of the molecule is COc1ccc(C(O)CN(C)C(=O)NC2CCOCC2)cc1. The molecular weight excluding hydrogens is 284 g/mol. The van der Waals surface area contributed by atoms with Crippen LogP contribution in [0.5, 0.6) is 5.75 Å². The lowest BCUT2D eigenvalue weighted by atomic mass is 10.1. The van der Waals surface area contributed by atoms with Gasteiger partial charge in [0.15, 0.2) is 0 Å². The number of aliphatic hydroxyl groups is 1. The van der Waals surface area contributed by atoms with Crippen molar-refractivity contribution in [2.24, 2.45) is 0 Å². The van der Waals surface area contributed by atoms with Crippen molar-refractivity contribution in [3.05, 3.63) is 29.8 Å². The smallest absolute Gasteiger partial charge is 0.317 e. The predicted octanol–water partition coefficient (Wildman–Crippen LogP) is 1.55. The number of amides is 2. The average Bonchev–Trinajstić information content (AvgIpc) is 2.55. The first-order valence-electron chi connectivity index (χ1n) is 7.51. The monoisotopic (exact) mass is 308 g/mol. The van der Waals surface area contributed by atoms with E-state index < -0.39 is 6.10 Å². The van der Waals surface area contributed by atoms with E-state index in [1.165, 1.54) is 4.90 Å². The second kappa shape index (κ2) is 8.00. The Bertz CT molecular complexity index is 472. The highest BCUT2D eigenvalue weighted by Gasteiger charge is 2.20. The van der Waals surface area contributed by atoms with Crippen LogP contribution in [0, 0.1) is 0 Å². The van der Waals surface area contributed by atoms with Gasteiger partial charge in [-0.3, -0.25) is 0 Å². The molecule has 6 heteroatoms. The third-order valence-electron chi connectivity index (χ3n) is 3.84. The molecule has 1 heterocycles. The highest BCUT2D eigenvalue weighted by Crippen LogP contribution is 2.18. The zero-order valence-electron chi connectivity index (χ0n) is 13.1. The summed E-state index contributed by atoms with van der Waals surface area (Å²) in [7, 11) is 3.28. The molecule has 6 nitrogen and oxygen atoms in total. The van der Waals surface area contributed by atoms with Crippen LogP contribution in [0.3, 0.4) is 0 Å². The Morgan fingerprint density at radius 2 is 2.05 bits per heavy atom. The molecular formula is C16H24N2O4. The van der Waals surface area contributed by atoms with Gasteiger partial charge in [0.05, 0.1) is 19.8 Å². The second-order valence-corrected chi connectivity index (χ2v) is 5.51. The largest absolute Gasteiger partial charge is 0.497 e. The molecule has 22 heavy (non-hydrogen) atoms. The van der Waals surface area contributed by atoms with Crippen LogP contribution < -0.4 is 10.1 Å². The molecule has 2 amide bonds. The number of hydrogen-bond donors (Lipinski definition) is 2. The zero-order chi connectivity index (χ0) is 15.9. The minimum Gasteiger partial charge on any atom is -0.497 e. The maximum atomic E-state index is 12.1. The van der Waals surface area contributed by atoms with Gasteiger partial charge in [0, 0.05) is 26.3 Å². The van der Waals surface area contributed by atoms with Crippen LogP contribution >= 0.6 is 0 Å². The lowest BCUT2D eigenvalue weighted by Gasteiger charge is -2.27. The molecule has 1 fully saturated rings. The fourth-order valence-corrected chi connectivity index (χ4v) is 2.40. The molecule has 0 radical (unpaired) electrons. The van der Waals surface area contributed by atoms with Crippen LogP contribution in [0.1, 0.15) is 24.5 Å². The Balaban J connectivity index is 1.83. The molecule has 1 aromatic rings. The fourth-order valence-electron chi connectivity index (χ4n) is 2.40. The first kappa shape index (κ1) is 16.6. The minimum absolute atomic E-state index is 0.154. The molecule has 0 aliphatic carbocycles. The van der Waals surface area contributed by atoms with Gasteiger partial charge in [0.25, 0.3) is 0 Å². The second-order valence-electron chi connectivity index (χ2n) is 5.51. The summed E-state index contributed by atoms with van der Waals surface area (Å²) in [4.78, 5) is 13.6. The van der Waals surface area contributed by atoms with Gasteiger partial charge in [0.1, 0.15) is 5.75 Å². The average molecular weight is 308 g/mol. The summed E-state index contributed by atoms with van der Waals surface area (Å²) in [6.07, 6.45) is 0.942. The number of methoxy groups -OCH3 is 1. The predicted molar refractivity (Wildman–Crippen MR) is 83.0 cm³/mol. The van der Waals surface area contributed by atoms with Crippen LogP contribution in [-0.2, 0) is 4.74 Å². The lowest BCUT2D eigenvalue weighted by Crippen LogP contribution is -2.46. The molecule has 122 valence electrons. The van der Waals surface area contributed by atoms with Crippen molar-refractivity contribution < 1.29 is 19.4 Å². The van der Waals surface area contributed by atoms with Gasteiger partial charge in [-0.15, -0.1) is 0 Å². The normalized spacial score (nSPS) is 16.9. The maximum absolute atomic E-state index is 12.1. The van der Waals surface area contributed by atoms with Crippen molar-refractivity contribution >= 4 is 6.03 Å². The number of carbonyl (C=O) groups is 1. The highest BCUT2D eigenvalue weighted by atomic mass is 16.5. The van der Waals surface area contributed by atoms with E-state index in [4.69, 9.17) is 9.47 Å². The summed E-state index contributed by atoms with van der Waals surface area (Å²) in [5.74, 6) is 0.738. The Morgan fingerprint density at radius 3 is 2.64 bits per heavy atom. The Labute approximate surface area is 131 Å². The summed E-state index contributed by atoms with van der Waals surface area (Å²) in [6, 6.07) is 7.17. The van der Waals surface area contributed by atoms with Crippen LogP contribution in [0.15, 0.2) is 24.3 Å². The summed E-state index contributed by atoms with van der Waals surface area (Å²) in [5.41, 5.74) is 0.756. The molecule has 0 aromatic heterocycles. The number of benzene rings is 1. The minimum atomic E-state index is -0.726. The molecule has 1 aliphatic rings. The third kappa shape index (κ3) is 4.61. The van der Waals surface area contributed by atoms with Gasteiger partial charge in [-0.1, -0.05) is 12.1 Å². The van der Waals surface area contributed by atoms with E-state index in [9.17, 15) is 9.90 Å². The van der Waals surface area contributed by atoms with Gasteiger partial charge < -0.3 is 24.8 Å². The van der Waals surface area contributed by atoms with Gasteiger partial charge in [-0.05, 0) is 30.5 Å². The van der Waals surface area contributed by atoms with Gasteiger partial charge in [0.2, 0.25) is 0 Å². The molecule has 0 spiro atoms. The molecule has 1 atom stereocenters. The standard InChI is InChI=1S/C16H24N2O4/c1-18(16(20)17-13-7-9-22-10-8-13)11-15(19)12-3-5-14(21-2)6-4-12/h3-6,13,15,19H,7-11H2,1-2H3,(H,17,20). The molecule has 1 unspecified atom stereocenters. The summed E-state index contributed by atoms with van der Waals surface area (Å²) < 4.78 is 10.4. The van der Waals surface area contributed by atoms with Crippen molar-refractivity contribution in [1.82, 2.24) is 10.2 Å². The molecule has 0 bridgehead atoms. The Morgan fingerprint density at radius 1 is 1.41 bits per heavy atom. The number of carbonyl (C=O) groups excluding carboxylic acids is 1. The summed E-state index contributed by atoms with van der Waals surface area (Å²) in [6.45, 7) is 1.60. The van der Waals surface area contributed by atoms with E-state index in [0.717, 1.165) is 24.2 Å². The van der Waals surface area contributed by atoms with Gasteiger partial charge in [-0.2, -0.15) is 0 Å². The number of urea groups is 1. The number of rotatable bonds is 5. The van der Waals surface area contributed by atoms with Crippen molar-refractivity contribution in [3.8, 4) is 5.75 Å². The molecule has 1 aromatic carbocycles. The summed E-state index contributed by atoms with van der Waals surface area (Å²) >= 11 is 0. The lowest BCUT2D eigenvalue weighted by molar-refractivity contribution is 0.0768. The van der Waals surface area contributed by atoms with E-state index >= 15 is 0 Å². The highest BCUT2D eigenvalue weighted by molar-refractivity contribution is 5.74. The number of ether oxygens (including phenoxy) is 2. The van der Waals surface area contributed by atoms with Crippen molar-refractivity contribution in [3.63, 3.8) is 0 Å². The van der Waals surface area contributed by atoms with Gasteiger partial charge in [-0.25, -0.2) is 4.79 Å². The summed E-state index contributed by atoms with van der Waals surface area (Å²) in [5, 5.41) is 13.2. The Kier molecular flexibility index (Phi) is 6.03. The quantitative estimate of drug-likeness (QED) is 0.866. The molecule has 1 aliphatic heterocycles. The van der Waals surface area contributed by atoms with Crippen LogP contribution in [0.25, 0.3) is 0 Å². The first-order valence-corrected chi connectivity index (χ1v) is 7.51. The van der Waals surface area contributed by atoms with Crippen LogP contribution in [0.2, 0.25) is 0 Å². The van der Waals surface area contributed by atoms with Crippen molar-refractivity contribution in [1.29, 1.82) is 0 Å². The van der Waals surface area contributed by atoms with Crippen molar-refractivity contribution in [2.45, 2.75) is 25.0 Å². The number of nitrogens with zero attached hydrogens (tertiary/aromatic N) is 1. The fraction of sp³-hybridized carbons (Fsp3) is 0.562. The molecule has 2 N–H and O–H groups in total. The van der Waals surface area contributed by atoms with Gasteiger partial charge >= 0.3 is 6.03 Å². The number of nitrogens with one attached hydrogen (secondary N) is 1. The molecule has 2 rings (SSSR count). The van der Waals surface area contributed by atoms with Crippen LogP contribution in [0.4, 0.5) is 4.79 Å². The van der Waals surface area contributed by atoms with E-state index in [2.05, 4.69) is 5.32 Å². The number of hydrogen-bond acceptors (Lipinski definition) is 4. The zero-order valence-corrected chi connectivity index (χ0v) is 13.1. The Hall–Kier alpha value is -1.79. The van der Waals surface area contributed by atoms with E-state index in [-0.39, 0.29) is 18.6 Å². The number of likely N-dealkylation sites (N-methyl/N-ethyl adjacent to an activating group) is 1. The molecule has 1 saturated heterocycles. The topological polar surface area (TPSA) is 71.0 Å². The first-order chi connectivity index (χ1) is 10.6. The van der Waals surface area contributed by atoms with E-state index in [0.29, 0.717) is 13.2 Å². The maximum Gasteiger partial charge on any atom is 0.317 e. The van der Waals surface area contributed by atoms with E-state index in [1.54, 1.807) is 38.4 Å². The van der Waals surface area contributed by atoms with E-state index in [1.807, 2.05) is 0 Å². The van der Waals surface area contributed by atoms with Crippen molar-refractivity contribution in [2.75, 3.05) is 33.9 Å².